The Balaban J connectivity index is 1.85. The summed E-state index contributed by atoms with van der Waals surface area (Å²) in [5.74, 6) is 0.196. The van der Waals surface area contributed by atoms with Crippen LogP contribution in [0.5, 0.6) is 11.5 Å². The van der Waals surface area contributed by atoms with E-state index in [1.807, 2.05) is 0 Å². The van der Waals surface area contributed by atoms with E-state index >= 15 is 0 Å². The topological polar surface area (TPSA) is 72.8 Å². The maximum absolute atomic E-state index is 12.1. The zero-order valence-electron chi connectivity index (χ0n) is 15.1. The van der Waals surface area contributed by atoms with E-state index < -0.39 is 11.9 Å². The van der Waals surface area contributed by atoms with E-state index in [1.54, 1.807) is 24.3 Å². The van der Waals surface area contributed by atoms with Crippen molar-refractivity contribution in [1.82, 2.24) is 0 Å². The molecule has 0 bridgehead atoms. The lowest BCUT2D eigenvalue weighted by atomic mass is 10.0. The number of esters is 1. The standard InChI is InChI=1S/C21H24O5/c1-3-15(2)5-4-14-25-18-10-8-17(9-11-18)21(24)26-19-12-6-16(7-13-19)20(22)23/h6-13,15H,3-5,14H2,1-2H3,(H,22,23). The second-order valence-electron chi connectivity index (χ2n) is 6.25. The highest BCUT2D eigenvalue weighted by molar-refractivity contribution is 5.91. The molecule has 0 amide bonds. The van der Waals surface area contributed by atoms with E-state index in [-0.39, 0.29) is 5.56 Å². The summed E-state index contributed by atoms with van der Waals surface area (Å²) in [4.78, 5) is 22.9. The van der Waals surface area contributed by atoms with Crippen LogP contribution in [0.3, 0.4) is 0 Å². The molecular formula is C21H24O5. The van der Waals surface area contributed by atoms with E-state index in [2.05, 4.69) is 13.8 Å². The van der Waals surface area contributed by atoms with E-state index in [4.69, 9.17) is 14.6 Å². The third-order valence-electron chi connectivity index (χ3n) is 4.21. The zero-order valence-corrected chi connectivity index (χ0v) is 15.1. The highest BCUT2D eigenvalue weighted by Gasteiger charge is 2.10. The molecule has 0 heterocycles. The summed E-state index contributed by atoms with van der Waals surface area (Å²) in [6.45, 7) is 5.07. The maximum atomic E-state index is 12.1. The predicted octanol–water partition coefficient (Wildman–Crippen LogP) is 4.81. The first kappa shape index (κ1) is 19.5. The lowest BCUT2D eigenvalue weighted by molar-refractivity contribution is 0.0696. The fraction of sp³-hybridized carbons (Fsp3) is 0.333. The molecule has 0 fully saturated rings. The molecule has 2 rings (SSSR count). The maximum Gasteiger partial charge on any atom is 0.343 e. The molecule has 1 atom stereocenters. The monoisotopic (exact) mass is 356 g/mol. The summed E-state index contributed by atoms with van der Waals surface area (Å²) in [7, 11) is 0. The fourth-order valence-electron chi connectivity index (χ4n) is 2.34. The van der Waals surface area contributed by atoms with Gasteiger partial charge in [0.05, 0.1) is 17.7 Å². The number of carbonyl (C=O) groups is 2. The van der Waals surface area contributed by atoms with Crippen molar-refractivity contribution in [2.45, 2.75) is 33.1 Å². The number of carbonyl (C=O) groups excluding carboxylic acids is 1. The average molecular weight is 356 g/mol. The van der Waals surface area contributed by atoms with Gasteiger partial charge in [-0.1, -0.05) is 20.3 Å². The van der Waals surface area contributed by atoms with E-state index in [0.29, 0.717) is 23.8 Å². The molecular weight excluding hydrogens is 332 g/mol. The molecule has 138 valence electrons. The van der Waals surface area contributed by atoms with Crippen LogP contribution in [-0.2, 0) is 0 Å². The molecule has 0 spiro atoms. The number of hydrogen-bond donors (Lipinski definition) is 1. The number of carboxylic acid groups (broad SMARTS) is 1. The van der Waals surface area contributed by atoms with Crippen LogP contribution < -0.4 is 9.47 Å². The van der Waals surface area contributed by atoms with E-state index in [1.165, 1.54) is 30.7 Å². The van der Waals surface area contributed by atoms with Crippen LogP contribution in [-0.4, -0.2) is 23.7 Å². The van der Waals surface area contributed by atoms with Crippen molar-refractivity contribution in [3.8, 4) is 11.5 Å². The van der Waals surface area contributed by atoms with Gasteiger partial charge in [-0.15, -0.1) is 0 Å². The number of carboxylic acids is 1. The predicted molar refractivity (Wildman–Crippen MR) is 99.0 cm³/mol. The minimum atomic E-state index is -1.03. The van der Waals surface area contributed by atoms with Crippen LogP contribution in [0.4, 0.5) is 0 Å². The molecule has 5 nitrogen and oxygen atoms in total. The van der Waals surface area contributed by atoms with Crippen LogP contribution >= 0.6 is 0 Å². The molecule has 0 radical (unpaired) electrons. The lowest BCUT2D eigenvalue weighted by Crippen LogP contribution is -2.08. The molecule has 5 heteroatoms. The molecule has 1 unspecified atom stereocenters. The molecule has 2 aromatic carbocycles. The van der Waals surface area contributed by atoms with E-state index in [9.17, 15) is 9.59 Å². The van der Waals surface area contributed by atoms with Crippen molar-refractivity contribution in [3.63, 3.8) is 0 Å². The third kappa shape index (κ3) is 5.92. The SMILES string of the molecule is CCC(C)CCCOc1ccc(C(=O)Oc2ccc(C(=O)O)cc2)cc1. The van der Waals surface area contributed by atoms with Gasteiger partial charge in [-0.3, -0.25) is 0 Å². The van der Waals surface area contributed by atoms with Gasteiger partial charge in [0.15, 0.2) is 0 Å². The minimum Gasteiger partial charge on any atom is -0.494 e. The molecule has 0 aliphatic carbocycles. The molecule has 0 aromatic heterocycles. The Kier molecular flexibility index (Phi) is 7.21. The van der Waals surface area contributed by atoms with Gasteiger partial charge in [-0.25, -0.2) is 9.59 Å². The normalized spacial score (nSPS) is 11.6. The zero-order chi connectivity index (χ0) is 18.9. The minimum absolute atomic E-state index is 0.139. The summed E-state index contributed by atoms with van der Waals surface area (Å²) in [5.41, 5.74) is 0.541. The van der Waals surface area contributed by atoms with Crippen molar-refractivity contribution in [2.75, 3.05) is 6.61 Å². The molecule has 0 saturated carbocycles. The lowest BCUT2D eigenvalue weighted by Gasteiger charge is -2.10. The van der Waals surface area contributed by atoms with Crippen molar-refractivity contribution in [1.29, 1.82) is 0 Å². The van der Waals surface area contributed by atoms with Crippen molar-refractivity contribution < 1.29 is 24.2 Å². The smallest absolute Gasteiger partial charge is 0.343 e. The molecule has 26 heavy (non-hydrogen) atoms. The number of ether oxygens (including phenoxy) is 2. The van der Waals surface area contributed by atoms with Gasteiger partial charge in [0, 0.05) is 0 Å². The Labute approximate surface area is 153 Å². The van der Waals surface area contributed by atoms with Gasteiger partial charge in [0.25, 0.3) is 0 Å². The Hall–Kier alpha value is -2.82. The van der Waals surface area contributed by atoms with Gasteiger partial charge in [0.1, 0.15) is 11.5 Å². The van der Waals surface area contributed by atoms with Crippen molar-refractivity contribution in [3.05, 3.63) is 59.7 Å². The summed E-state index contributed by atoms with van der Waals surface area (Å²) < 4.78 is 10.9. The summed E-state index contributed by atoms with van der Waals surface area (Å²) >= 11 is 0. The Morgan fingerprint density at radius 2 is 1.54 bits per heavy atom. The van der Waals surface area contributed by atoms with Gasteiger partial charge < -0.3 is 14.6 Å². The van der Waals surface area contributed by atoms with Gasteiger partial charge in [-0.05, 0) is 67.3 Å². The third-order valence-corrected chi connectivity index (χ3v) is 4.21. The quantitative estimate of drug-likeness (QED) is 0.396. The number of rotatable bonds is 9. The van der Waals surface area contributed by atoms with Gasteiger partial charge in [0.2, 0.25) is 0 Å². The first-order chi connectivity index (χ1) is 12.5. The fourth-order valence-corrected chi connectivity index (χ4v) is 2.34. The number of hydrogen-bond acceptors (Lipinski definition) is 4. The molecule has 0 aliphatic heterocycles. The molecule has 0 saturated heterocycles. The Bertz CT molecular complexity index is 719. The highest BCUT2D eigenvalue weighted by atomic mass is 16.5. The van der Waals surface area contributed by atoms with Crippen LogP contribution in [0.25, 0.3) is 0 Å². The van der Waals surface area contributed by atoms with Gasteiger partial charge in [-0.2, -0.15) is 0 Å². The van der Waals surface area contributed by atoms with Crippen molar-refractivity contribution in [2.24, 2.45) is 5.92 Å². The molecule has 0 aliphatic rings. The molecule has 1 N–H and O–H groups in total. The van der Waals surface area contributed by atoms with Crippen molar-refractivity contribution >= 4 is 11.9 Å². The average Bonchev–Trinajstić information content (AvgIpc) is 2.65. The van der Waals surface area contributed by atoms with Crippen LogP contribution in [0.2, 0.25) is 0 Å². The first-order valence-electron chi connectivity index (χ1n) is 8.78. The number of aromatic carboxylic acids is 1. The summed E-state index contributed by atoms with van der Waals surface area (Å²) in [6.07, 6.45) is 3.32. The first-order valence-corrected chi connectivity index (χ1v) is 8.78. The van der Waals surface area contributed by atoms with Crippen LogP contribution in [0.15, 0.2) is 48.5 Å². The second kappa shape index (κ2) is 9.61. The van der Waals surface area contributed by atoms with Crippen LogP contribution in [0, 0.1) is 5.92 Å². The number of benzene rings is 2. The largest absolute Gasteiger partial charge is 0.494 e. The summed E-state index contributed by atoms with van der Waals surface area (Å²) in [6, 6.07) is 12.5. The second-order valence-corrected chi connectivity index (χ2v) is 6.25. The van der Waals surface area contributed by atoms with Crippen LogP contribution in [0.1, 0.15) is 53.8 Å². The molecule has 2 aromatic rings. The Morgan fingerprint density at radius 3 is 2.12 bits per heavy atom. The summed E-state index contributed by atoms with van der Waals surface area (Å²) in [5, 5.41) is 8.86. The Morgan fingerprint density at radius 1 is 0.962 bits per heavy atom. The van der Waals surface area contributed by atoms with Gasteiger partial charge >= 0.3 is 11.9 Å². The van der Waals surface area contributed by atoms with E-state index in [0.717, 1.165) is 18.6 Å². The highest BCUT2D eigenvalue weighted by Crippen LogP contribution is 2.17.